The van der Waals surface area contributed by atoms with E-state index in [4.69, 9.17) is 17.3 Å². The number of pyridine rings is 1. The van der Waals surface area contributed by atoms with E-state index in [1.165, 1.54) is 0 Å². The second kappa shape index (κ2) is 5.54. The van der Waals surface area contributed by atoms with Crippen LogP contribution in [-0.4, -0.2) is 4.98 Å². The number of nitrogen functional groups attached to an aromatic ring is 1. The molecule has 0 fully saturated rings. The molecule has 106 valence electrons. The molecule has 0 amide bonds. The third-order valence-corrected chi connectivity index (χ3v) is 4.05. The summed E-state index contributed by atoms with van der Waals surface area (Å²) in [7, 11) is 0. The summed E-state index contributed by atoms with van der Waals surface area (Å²) in [5.74, 6) is 0. The van der Waals surface area contributed by atoms with Crippen molar-refractivity contribution in [1.82, 2.24) is 4.98 Å². The molecule has 0 aliphatic carbocycles. The highest BCUT2D eigenvalue weighted by Gasteiger charge is 2.09. The van der Waals surface area contributed by atoms with E-state index >= 15 is 0 Å². The molecule has 0 bridgehead atoms. The molecular formula is C16H13BrClN3. The zero-order valence-electron chi connectivity index (χ0n) is 11.3. The van der Waals surface area contributed by atoms with Crippen LogP contribution >= 0.6 is 27.5 Å². The maximum Gasteiger partial charge on any atom is 0.0746 e. The molecule has 1 heterocycles. The van der Waals surface area contributed by atoms with Crippen molar-refractivity contribution in [2.24, 2.45) is 0 Å². The third-order valence-electron chi connectivity index (χ3n) is 3.24. The molecule has 3 nitrogen and oxygen atoms in total. The fourth-order valence-electron chi connectivity index (χ4n) is 2.18. The quantitative estimate of drug-likeness (QED) is 0.651. The van der Waals surface area contributed by atoms with Crippen molar-refractivity contribution in [3.63, 3.8) is 0 Å². The Kier molecular flexibility index (Phi) is 3.74. The van der Waals surface area contributed by atoms with Gasteiger partial charge in [-0.2, -0.15) is 0 Å². The van der Waals surface area contributed by atoms with Crippen molar-refractivity contribution >= 4 is 55.5 Å². The lowest BCUT2D eigenvalue weighted by molar-refractivity contribution is 1.40. The zero-order valence-corrected chi connectivity index (χ0v) is 13.7. The molecule has 0 spiro atoms. The van der Waals surface area contributed by atoms with Crippen molar-refractivity contribution in [3.05, 3.63) is 57.7 Å². The molecule has 0 radical (unpaired) electrons. The third kappa shape index (κ3) is 2.82. The predicted octanol–water partition coefficient (Wildman–Crippen LogP) is 5.28. The molecule has 0 atom stereocenters. The standard InChI is InChI=1S/C16H13BrClN3/c1-9-2-4-15(12(18)6-9)21-16-11-7-10(17)3-5-14(11)20-8-13(16)19/h2-8H,19H2,1H3,(H,20,21). The van der Waals surface area contributed by atoms with Gasteiger partial charge in [-0.05, 0) is 42.8 Å². The van der Waals surface area contributed by atoms with Gasteiger partial charge in [0.2, 0.25) is 0 Å². The van der Waals surface area contributed by atoms with Crippen molar-refractivity contribution in [3.8, 4) is 0 Å². The summed E-state index contributed by atoms with van der Waals surface area (Å²) in [5.41, 5.74) is 10.3. The van der Waals surface area contributed by atoms with E-state index in [-0.39, 0.29) is 0 Å². The monoisotopic (exact) mass is 361 g/mol. The van der Waals surface area contributed by atoms with Gasteiger partial charge in [0, 0.05) is 9.86 Å². The lowest BCUT2D eigenvalue weighted by Crippen LogP contribution is -1.99. The van der Waals surface area contributed by atoms with Crippen LogP contribution in [0.5, 0.6) is 0 Å². The van der Waals surface area contributed by atoms with Crippen LogP contribution in [0, 0.1) is 6.92 Å². The van der Waals surface area contributed by atoms with Crippen molar-refractivity contribution in [2.75, 3.05) is 11.1 Å². The SMILES string of the molecule is Cc1ccc(Nc2c(N)cnc3ccc(Br)cc23)c(Cl)c1. The lowest BCUT2D eigenvalue weighted by atomic mass is 10.1. The van der Waals surface area contributed by atoms with Crippen molar-refractivity contribution in [2.45, 2.75) is 6.92 Å². The molecule has 3 aromatic rings. The number of aromatic nitrogens is 1. The number of fused-ring (bicyclic) bond motifs is 1. The highest BCUT2D eigenvalue weighted by atomic mass is 79.9. The molecule has 1 aromatic heterocycles. The van der Waals surface area contributed by atoms with Gasteiger partial charge >= 0.3 is 0 Å². The smallest absolute Gasteiger partial charge is 0.0746 e. The van der Waals surface area contributed by atoms with Crippen LogP contribution in [0.2, 0.25) is 5.02 Å². The minimum atomic E-state index is 0.581. The Hall–Kier alpha value is -1.78. The first-order valence-corrected chi connectivity index (χ1v) is 7.58. The number of nitrogens with one attached hydrogen (secondary N) is 1. The summed E-state index contributed by atoms with van der Waals surface area (Å²) >= 11 is 9.76. The van der Waals surface area contributed by atoms with Gasteiger partial charge in [-0.3, -0.25) is 4.98 Å². The molecule has 21 heavy (non-hydrogen) atoms. The fourth-order valence-corrected chi connectivity index (χ4v) is 2.82. The largest absolute Gasteiger partial charge is 0.396 e. The van der Waals surface area contributed by atoms with Gasteiger partial charge in [-0.1, -0.05) is 33.6 Å². The van der Waals surface area contributed by atoms with Crippen LogP contribution in [0.15, 0.2) is 47.1 Å². The van der Waals surface area contributed by atoms with Gasteiger partial charge in [-0.25, -0.2) is 0 Å². The van der Waals surface area contributed by atoms with Crippen LogP contribution in [-0.2, 0) is 0 Å². The topological polar surface area (TPSA) is 50.9 Å². The molecule has 0 unspecified atom stereocenters. The van der Waals surface area contributed by atoms with Crippen LogP contribution in [0.1, 0.15) is 5.56 Å². The average Bonchev–Trinajstić information content (AvgIpc) is 2.44. The molecule has 0 aliphatic heterocycles. The summed E-state index contributed by atoms with van der Waals surface area (Å²) in [6.45, 7) is 2.00. The van der Waals surface area contributed by atoms with E-state index in [1.54, 1.807) is 6.20 Å². The van der Waals surface area contributed by atoms with E-state index in [0.717, 1.165) is 32.3 Å². The van der Waals surface area contributed by atoms with Crippen LogP contribution in [0.25, 0.3) is 10.9 Å². The summed E-state index contributed by atoms with van der Waals surface area (Å²) in [4.78, 5) is 4.34. The van der Waals surface area contributed by atoms with E-state index in [9.17, 15) is 0 Å². The Morgan fingerprint density at radius 1 is 1.19 bits per heavy atom. The number of rotatable bonds is 2. The van der Waals surface area contributed by atoms with E-state index < -0.39 is 0 Å². The van der Waals surface area contributed by atoms with Crippen LogP contribution in [0.4, 0.5) is 17.1 Å². The number of anilines is 3. The van der Waals surface area contributed by atoms with Crippen LogP contribution in [0.3, 0.4) is 0 Å². The molecule has 0 saturated heterocycles. The Balaban J connectivity index is 2.15. The lowest BCUT2D eigenvalue weighted by Gasteiger charge is -2.14. The van der Waals surface area contributed by atoms with Gasteiger partial charge < -0.3 is 11.1 Å². The molecular weight excluding hydrogens is 350 g/mol. The van der Waals surface area contributed by atoms with Crippen LogP contribution < -0.4 is 11.1 Å². The van der Waals surface area contributed by atoms with Crippen molar-refractivity contribution < 1.29 is 0 Å². The average molecular weight is 363 g/mol. The zero-order chi connectivity index (χ0) is 15.0. The first-order chi connectivity index (χ1) is 10.0. The number of hydrogen-bond donors (Lipinski definition) is 2. The normalized spacial score (nSPS) is 10.8. The number of halogens is 2. The van der Waals surface area contributed by atoms with Gasteiger partial charge in [0.1, 0.15) is 0 Å². The van der Waals surface area contributed by atoms with Gasteiger partial charge in [0.25, 0.3) is 0 Å². The number of aryl methyl sites for hydroxylation is 1. The summed E-state index contributed by atoms with van der Waals surface area (Å²) in [5, 5.41) is 4.93. The summed E-state index contributed by atoms with van der Waals surface area (Å²) < 4.78 is 0.973. The highest BCUT2D eigenvalue weighted by Crippen LogP contribution is 2.34. The summed E-state index contributed by atoms with van der Waals surface area (Å²) in [6, 6.07) is 11.8. The van der Waals surface area contributed by atoms with E-state index in [2.05, 4.69) is 26.2 Å². The van der Waals surface area contributed by atoms with E-state index in [0.29, 0.717) is 10.7 Å². The molecule has 3 N–H and O–H groups in total. The maximum absolute atomic E-state index is 6.29. The Morgan fingerprint density at radius 3 is 2.76 bits per heavy atom. The van der Waals surface area contributed by atoms with Gasteiger partial charge in [0.05, 0.1) is 33.8 Å². The molecule has 3 rings (SSSR count). The fraction of sp³-hybridized carbons (Fsp3) is 0.0625. The number of hydrogen-bond acceptors (Lipinski definition) is 3. The maximum atomic E-state index is 6.29. The number of nitrogens with zero attached hydrogens (tertiary/aromatic N) is 1. The number of nitrogens with two attached hydrogens (primary N) is 1. The first kappa shape index (κ1) is 14.2. The van der Waals surface area contributed by atoms with Gasteiger partial charge in [-0.15, -0.1) is 0 Å². The van der Waals surface area contributed by atoms with E-state index in [1.807, 2.05) is 43.3 Å². The minimum absolute atomic E-state index is 0.581. The predicted molar refractivity (Wildman–Crippen MR) is 93.3 cm³/mol. The summed E-state index contributed by atoms with van der Waals surface area (Å²) in [6.07, 6.45) is 1.65. The Bertz CT molecular complexity index is 828. The second-order valence-electron chi connectivity index (χ2n) is 4.86. The molecule has 0 aliphatic rings. The Labute approximate surface area is 136 Å². The minimum Gasteiger partial charge on any atom is -0.396 e. The Morgan fingerprint density at radius 2 is 2.00 bits per heavy atom. The second-order valence-corrected chi connectivity index (χ2v) is 6.18. The van der Waals surface area contributed by atoms with Gasteiger partial charge in [0.15, 0.2) is 0 Å². The molecule has 5 heteroatoms. The van der Waals surface area contributed by atoms with Crippen molar-refractivity contribution in [1.29, 1.82) is 0 Å². The molecule has 2 aromatic carbocycles. The first-order valence-electron chi connectivity index (χ1n) is 6.41. The highest BCUT2D eigenvalue weighted by molar-refractivity contribution is 9.10. The number of benzene rings is 2. The molecule has 0 saturated carbocycles.